The van der Waals surface area contributed by atoms with E-state index < -0.39 is 5.41 Å². The lowest BCUT2D eigenvalue weighted by atomic mass is 9.73. The Hall–Kier alpha value is -2.86. The van der Waals surface area contributed by atoms with Crippen LogP contribution in [-0.2, 0) is 28.2 Å². The molecule has 0 atom stereocenters. The standard InChI is InChI=1S/C22H23N3O3/c1-24-19-5-3-2-4-18(19)22(20(24)26)8-10-25(11-9-22)21(27)23-17-7-6-15-13-28-14-16(15)12-17/h2-7,12H,8-11,13-14H2,1H3,(H,23,27). The van der Waals surface area contributed by atoms with E-state index in [9.17, 15) is 9.59 Å². The third-order valence-corrected chi connectivity index (χ3v) is 6.37. The number of rotatable bonds is 1. The zero-order valence-corrected chi connectivity index (χ0v) is 15.9. The smallest absolute Gasteiger partial charge is 0.321 e. The minimum absolute atomic E-state index is 0.110. The van der Waals surface area contributed by atoms with E-state index in [1.54, 1.807) is 4.90 Å². The first-order chi connectivity index (χ1) is 13.6. The monoisotopic (exact) mass is 377 g/mol. The molecule has 3 amide bonds. The maximum Gasteiger partial charge on any atom is 0.321 e. The lowest BCUT2D eigenvalue weighted by Crippen LogP contribution is -2.50. The van der Waals surface area contributed by atoms with Crippen molar-refractivity contribution in [2.75, 3.05) is 30.4 Å². The molecule has 144 valence electrons. The van der Waals surface area contributed by atoms with Gasteiger partial charge in [0.1, 0.15) is 0 Å². The van der Waals surface area contributed by atoms with Gasteiger partial charge in [-0.1, -0.05) is 24.3 Å². The first kappa shape index (κ1) is 17.3. The number of anilines is 2. The number of urea groups is 1. The number of likely N-dealkylation sites (N-methyl/N-ethyl adjacent to an activating group) is 1. The molecule has 0 saturated carbocycles. The van der Waals surface area contributed by atoms with Gasteiger partial charge in [-0.15, -0.1) is 0 Å². The largest absolute Gasteiger partial charge is 0.372 e. The number of carbonyl (C=O) groups excluding carboxylic acids is 2. The van der Waals surface area contributed by atoms with Gasteiger partial charge in [-0.3, -0.25) is 4.79 Å². The van der Waals surface area contributed by atoms with Crippen molar-refractivity contribution >= 4 is 23.3 Å². The van der Waals surface area contributed by atoms with Crippen LogP contribution in [0, 0.1) is 0 Å². The van der Waals surface area contributed by atoms with E-state index in [4.69, 9.17) is 4.74 Å². The van der Waals surface area contributed by atoms with Crippen LogP contribution in [0.25, 0.3) is 0 Å². The molecule has 0 radical (unpaired) electrons. The average molecular weight is 377 g/mol. The summed E-state index contributed by atoms with van der Waals surface area (Å²) in [6.45, 7) is 2.36. The quantitative estimate of drug-likeness (QED) is 0.830. The molecule has 0 aromatic heterocycles. The lowest BCUT2D eigenvalue weighted by Gasteiger charge is -2.38. The second-order valence-electron chi connectivity index (χ2n) is 7.86. The summed E-state index contributed by atoms with van der Waals surface area (Å²) in [5, 5.41) is 3.00. The first-order valence-corrected chi connectivity index (χ1v) is 9.72. The van der Waals surface area contributed by atoms with Crippen LogP contribution in [-0.4, -0.2) is 37.0 Å². The van der Waals surface area contributed by atoms with Crippen molar-refractivity contribution in [3.05, 3.63) is 59.2 Å². The van der Waals surface area contributed by atoms with Gasteiger partial charge in [-0.2, -0.15) is 0 Å². The van der Waals surface area contributed by atoms with Gasteiger partial charge in [0.25, 0.3) is 0 Å². The Bertz CT molecular complexity index is 963. The van der Waals surface area contributed by atoms with Crippen LogP contribution in [0.2, 0.25) is 0 Å². The Morgan fingerprint density at radius 3 is 2.64 bits per heavy atom. The van der Waals surface area contributed by atoms with Crippen LogP contribution < -0.4 is 10.2 Å². The zero-order valence-electron chi connectivity index (χ0n) is 15.9. The summed E-state index contributed by atoms with van der Waals surface area (Å²) in [7, 11) is 1.84. The third kappa shape index (κ3) is 2.52. The molecule has 3 aliphatic rings. The van der Waals surface area contributed by atoms with Crippen LogP contribution in [0.5, 0.6) is 0 Å². The highest BCUT2D eigenvalue weighted by Crippen LogP contribution is 2.47. The highest BCUT2D eigenvalue weighted by Gasteiger charge is 2.51. The Balaban J connectivity index is 1.30. The van der Waals surface area contributed by atoms with E-state index in [0.717, 1.165) is 22.5 Å². The molecule has 2 aromatic rings. The lowest BCUT2D eigenvalue weighted by molar-refractivity contribution is -0.124. The molecule has 1 N–H and O–H groups in total. The van der Waals surface area contributed by atoms with Gasteiger partial charge in [0.05, 0.1) is 18.6 Å². The van der Waals surface area contributed by atoms with Crippen molar-refractivity contribution in [2.24, 2.45) is 0 Å². The van der Waals surface area contributed by atoms with E-state index >= 15 is 0 Å². The predicted molar refractivity (Wildman–Crippen MR) is 106 cm³/mol. The summed E-state index contributed by atoms with van der Waals surface area (Å²) in [5.41, 5.74) is 4.70. The molecule has 1 saturated heterocycles. The summed E-state index contributed by atoms with van der Waals surface area (Å²) in [6.07, 6.45) is 1.30. The van der Waals surface area contributed by atoms with Crippen LogP contribution in [0.15, 0.2) is 42.5 Å². The van der Waals surface area contributed by atoms with Gasteiger partial charge in [0.15, 0.2) is 0 Å². The summed E-state index contributed by atoms with van der Waals surface area (Å²) in [4.78, 5) is 29.3. The highest BCUT2D eigenvalue weighted by atomic mass is 16.5. The number of hydrogen-bond acceptors (Lipinski definition) is 3. The number of nitrogens with one attached hydrogen (secondary N) is 1. The van der Waals surface area contributed by atoms with Crippen LogP contribution >= 0.6 is 0 Å². The molecule has 28 heavy (non-hydrogen) atoms. The van der Waals surface area contributed by atoms with Gasteiger partial charge in [0.2, 0.25) is 5.91 Å². The molecule has 5 rings (SSSR count). The number of likely N-dealkylation sites (tertiary alicyclic amines) is 1. The van der Waals surface area contributed by atoms with Crippen molar-refractivity contribution in [1.29, 1.82) is 0 Å². The van der Waals surface area contributed by atoms with Gasteiger partial charge in [0, 0.05) is 31.5 Å². The molecule has 3 aliphatic heterocycles. The van der Waals surface area contributed by atoms with Crippen molar-refractivity contribution < 1.29 is 14.3 Å². The first-order valence-electron chi connectivity index (χ1n) is 9.72. The number of ether oxygens (including phenoxy) is 1. The number of hydrogen-bond donors (Lipinski definition) is 1. The van der Waals surface area contributed by atoms with Crippen molar-refractivity contribution in [1.82, 2.24) is 4.90 Å². The number of benzene rings is 2. The summed E-state index contributed by atoms with van der Waals surface area (Å²) in [5.74, 6) is 0.146. The number of para-hydroxylation sites is 1. The molecular weight excluding hydrogens is 354 g/mol. The number of carbonyl (C=O) groups is 2. The minimum atomic E-state index is -0.493. The van der Waals surface area contributed by atoms with Crippen molar-refractivity contribution in [2.45, 2.75) is 31.5 Å². The average Bonchev–Trinajstić information content (AvgIpc) is 3.27. The SMILES string of the molecule is CN1C(=O)C2(CCN(C(=O)Nc3ccc4c(c3)COC4)CC2)c2ccccc21. The Morgan fingerprint density at radius 1 is 1.07 bits per heavy atom. The van der Waals surface area contributed by atoms with Crippen LogP contribution in [0.1, 0.15) is 29.5 Å². The number of amides is 3. The van der Waals surface area contributed by atoms with E-state index in [-0.39, 0.29) is 11.9 Å². The summed E-state index contributed by atoms with van der Waals surface area (Å²) in [6, 6.07) is 13.8. The summed E-state index contributed by atoms with van der Waals surface area (Å²) >= 11 is 0. The van der Waals surface area contributed by atoms with Gasteiger partial charge < -0.3 is 19.9 Å². The van der Waals surface area contributed by atoms with Gasteiger partial charge >= 0.3 is 6.03 Å². The Morgan fingerprint density at radius 2 is 1.82 bits per heavy atom. The van der Waals surface area contributed by atoms with Crippen LogP contribution in [0.4, 0.5) is 16.2 Å². The molecular formula is C22H23N3O3. The number of fused-ring (bicyclic) bond motifs is 3. The maximum atomic E-state index is 13.0. The van der Waals surface area contributed by atoms with Crippen molar-refractivity contribution in [3.63, 3.8) is 0 Å². The molecule has 0 unspecified atom stereocenters. The molecule has 3 heterocycles. The fraction of sp³-hybridized carbons (Fsp3) is 0.364. The molecule has 6 nitrogen and oxygen atoms in total. The minimum Gasteiger partial charge on any atom is -0.372 e. The second-order valence-corrected chi connectivity index (χ2v) is 7.86. The van der Waals surface area contributed by atoms with E-state index in [2.05, 4.69) is 11.4 Å². The normalized spacial score (nSPS) is 19.7. The Kier molecular flexibility index (Phi) is 3.91. The van der Waals surface area contributed by atoms with E-state index in [1.807, 2.05) is 48.3 Å². The number of piperidine rings is 1. The molecule has 6 heteroatoms. The van der Waals surface area contributed by atoms with E-state index in [0.29, 0.717) is 39.1 Å². The highest BCUT2D eigenvalue weighted by molar-refractivity contribution is 6.08. The number of nitrogens with zero attached hydrogens (tertiary/aromatic N) is 2. The summed E-state index contributed by atoms with van der Waals surface area (Å²) < 4.78 is 5.43. The molecule has 1 spiro atoms. The van der Waals surface area contributed by atoms with Crippen molar-refractivity contribution in [3.8, 4) is 0 Å². The van der Waals surface area contributed by atoms with Crippen LogP contribution in [0.3, 0.4) is 0 Å². The van der Waals surface area contributed by atoms with Gasteiger partial charge in [-0.05, 0) is 47.7 Å². The molecule has 0 bridgehead atoms. The topological polar surface area (TPSA) is 61.9 Å². The Labute approximate surface area is 164 Å². The predicted octanol–water partition coefficient (Wildman–Crippen LogP) is 3.26. The third-order valence-electron chi connectivity index (χ3n) is 6.37. The fourth-order valence-corrected chi connectivity index (χ4v) is 4.74. The zero-order chi connectivity index (χ0) is 19.3. The fourth-order valence-electron chi connectivity index (χ4n) is 4.74. The van der Waals surface area contributed by atoms with Gasteiger partial charge in [-0.25, -0.2) is 4.79 Å². The molecule has 1 fully saturated rings. The molecule has 2 aromatic carbocycles. The maximum absolute atomic E-state index is 13.0. The van der Waals surface area contributed by atoms with E-state index in [1.165, 1.54) is 5.56 Å². The molecule has 0 aliphatic carbocycles. The second kappa shape index (κ2) is 6.34.